The molecule has 0 saturated carbocycles. The molecule has 1 aliphatic rings. The molecule has 25 heavy (non-hydrogen) atoms. The van der Waals surface area contributed by atoms with Crippen molar-refractivity contribution in [3.05, 3.63) is 59.7 Å². The standard InChI is InChI=1S/C20H23N3O2/c1-14-11-15(2)13-18(12-14)23-10-9-22(16(3)19(23)24)20(25)21-17-7-5-4-6-8-17/h4-8,11-13,16H,9-10H2,1-3H3,(H,21,25). The lowest BCUT2D eigenvalue weighted by molar-refractivity contribution is -0.123. The van der Waals surface area contributed by atoms with Crippen molar-refractivity contribution in [1.82, 2.24) is 4.90 Å². The second-order valence-corrected chi connectivity index (χ2v) is 6.50. The zero-order valence-electron chi connectivity index (χ0n) is 14.8. The average Bonchev–Trinajstić information content (AvgIpc) is 2.57. The second-order valence-electron chi connectivity index (χ2n) is 6.50. The lowest BCUT2D eigenvalue weighted by atomic mass is 10.1. The summed E-state index contributed by atoms with van der Waals surface area (Å²) in [5.41, 5.74) is 3.88. The van der Waals surface area contributed by atoms with Gasteiger partial charge in [-0.3, -0.25) is 4.79 Å². The number of nitrogens with one attached hydrogen (secondary N) is 1. The minimum Gasteiger partial charge on any atom is -0.311 e. The molecule has 1 fully saturated rings. The third-order valence-corrected chi connectivity index (χ3v) is 4.46. The summed E-state index contributed by atoms with van der Waals surface area (Å²) < 4.78 is 0. The Morgan fingerprint density at radius 2 is 1.68 bits per heavy atom. The summed E-state index contributed by atoms with van der Waals surface area (Å²) in [7, 11) is 0. The highest BCUT2D eigenvalue weighted by Crippen LogP contribution is 2.23. The van der Waals surface area contributed by atoms with Gasteiger partial charge in [0.25, 0.3) is 0 Å². The molecule has 1 atom stereocenters. The number of hydrogen-bond acceptors (Lipinski definition) is 2. The molecular weight excluding hydrogens is 314 g/mol. The first-order chi connectivity index (χ1) is 12.0. The quantitative estimate of drug-likeness (QED) is 0.911. The van der Waals surface area contributed by atoms with Crippen LogP contribution < -0.4 is 10.2 Å². The van der Waals surface area contributed by atoms with Gasteiger partial charge in [-0.2, -0.15) is 0 Å². The third kappa shape index (κ3) is 3.65. The predicted molar refractivity (Wildman–Crippen MR) is 99.9 cm³/mol. The molecule has 0 bridgehead atoms. The maximum atomic E-state index is 12.8. The third-order valence-electron chi connectivity index (χ3n) is 4.46. The molecule has 0 aliphatic carbocycles. The van der Waals surface area contributed by atoms with Crippen LogP contribution in [0.3, 0.4) is 0 Å². The lowest BCUT2D eigenvalue weighted by Crippen LogP contribution is -2.58. The molecule has 3 amide bonds. The number of rotatable bonds is 2. The van der Waals surface area contributed by atoms with E-state index in [1.54, 1.807) is 16.7 Å². The maximum Gasteiger partial charge on any atom is 0.322 e. The molecule has 2 aromatic rings. The number of para-hydroxylation sites is 1. The number of hydrogen-bond donors (Lipinski definition) is 1. The fourth-order valence-electron chi connectivity index (χ4n) is 3.23. The van der Waals surface area contributed by atoms with Crippen LogP contribution >= 0.6 is 0 Å². The van der Waals surface area contributed by atoms with Crippen LogP contribution in [0.2, 0.25) is 0 Å². The highest BCUT2D eigenvalue weighted by molar-refractivity contribution is 6.01. The van der Waals surface area contributed by atoms with Crippen LogP contribution in [0.25, 0.3) is 0 Å². The van der Waals surface area contributed by atoms with Crippen molar-refractivity contribution in [3.8, 4) is 0 Å². The highest BCUT2D eigenvalue weighted by Gasteiger charge is 2.35. The van der Waals surface area contributed by atoms with Gasteiger partial charge < -0.3 is 15.1 Å². The average molecular weight is 337 g/mol. The summed E-state index contributed by atoms with van der Waals surface area (Å²) in [4.78, 5) is 28.7. The van der Waals surface area contributed by atoms with Crippen LogP contribution in [0.4, 0.5) is 16.2 Å². The Labute approximate surface area is 148 Å². The molecule has 5 heteroatoms. The van der Waals surface area contributed by atoms with E-state index in [2.05, 4.69) is 11.4 Å². The monoisotopic (exact) mass is 337 g/mol. The number of anilines is 2. The fourth-order valence-corrected chi connectivity index (χ4v) is 3.23. The first-order valence-corrected chi connectivity index (χ1v) is 8.48. The Morgan fingerprint density at radius 3 is 2.32 bits per heavy atom. The number of urea groups is 1. The van der Waals surface area contributed by atoms with Gasteiger partial charge in [-0.1, -0.05) is 24.3 Å². The number of aryl methyl sites for hydroxylation is 2. The summed E-state index contributed by atoms with van der Waals surface area (Å²) in [6, 6.07) is 14.6. The van der Waals surface area contributed by atoms with Crippen molar-refractivity contribution in [2.75, 3.05) is 23.3 Å². The van der Waals surface area contributed by atoms with Gasteiger partial charge in [0.15, 0.2) is 0 Å². The lowest BCUT2D eigenvalue weighted by Gasteiger charge is -2.39. The van der Waals surface area contributed by atoms with E-state index in [1.165, 1.54) is 0 Å². The van der Waals surface area contributed by atoms with Gasteiger partial charge in [-0.15, -0.1) is 0 Å². The van der Waals surface area contributed by atoms with Crippen molar-refractivity contribution in [2.45, 2.75) is 26.8 Å². The maximum absolute atomic E-state index is 12.8. The summed E-state index contributed by atoms with van der Waals surface area (Å²) in [6.07, 6.45) is 0. The van der Waals surface area contributed by atoms with Crippen LogP contribution in [0.5, 0.6) is 0 Å². The molecule has 1 saturated heterocycles. The molecule has 130 valence electrons. The van der Waals surface area contributed by atoms with Crippen molar-refractivity contribution >= 4 is 23.3 Å². The van der Waals surface area contributed by atoms with Gasteiger partial charge >= 0.3 is 6.03 Å². The molecule has 1 heterocycles. The van der Waals surface area contributed by atoms with E-state index in [0.29, 0.717) is 13.1 Å². The van der Waals surface area contributed by atoms with Crippen molar-refractivity contribution in [3.63, 3.8) is 0 Å². The topological polar surface area (TPSA) is 52.6 Å². The predicted octanol–water partition coefficient (Wildman–Crippen LogP) is 3.57. The van der Waals surface area contributed by atoms with Crippen molar-refractivity contribution < 1.29 is 9.59 Å². The van der Waals surface area contributed by atoms with Gasteiger partial charge in [0.05, 0.1) is 0 Å². The Balaban J connectivity index is 1.74. The molecule has 0 aromatic heterocycles. The van der Waals surface area contributed by atoms with Crippen LogP contribution in [0, 0.1) is 13.8 Å². The first kappa shape index (κ1) is 17.0. The number of carbonyl (C=O) groups excluding carboxylic acids is 2. The summed E-state index contributed by atoms with van der Waals surface area (Å²) in [5.74, 6) is -0.0561. The van der Waals surface area contributed by atoms with Crippen LogP contribution in [-0.4, -0.2) is 36.0 Å². The van der Waals surface area contributed by atoms with Gasteiger partial charge in [0.1, 0.15) is 6.04 Å². The zero-order valence-corrected chi connectivity index (χ0v) is 14.8. The van der Waals surface area contributed by atoms with Crippen molar-refractivity contribution in [2.24, 2.45) is 0 Å². The number of benzene rings is 2. The molecule has 3 rings (SSSR count). The van der Waals surface area contributed by atoms with Crippen LogP contribution in [0.15, 0.2) is 48.5 Å². The molecule has 1 N–H and O–H groups in total. The Bertz CT molecular complexity index is 769. The van der Waals surface area contributed by atoms with Crippen LogP contribution in [-0.2, 0) is 4.79 Å². The Morgan fingerprint density at radius 1 is 1.04 bits per heavy atom. The fraction of sp³-hybridized carbons (Fsp3) is 0.300. The molecule has 1 unspecified atom stereocenters. The Kier molecular flexibility index (Phi) is 4.74. The molecule has 0 radical (unpaired) electrons. The minimum absolute atomic E-state index is 0.0561. The summed E-state index contributed by atoms with van der Waals surface area (Å²) in [6.45, 7) is 6.82. The van der Waals surface area contributed by atoms with Crippen molar-refractivity contribution in [1.29, 1.82) is 0 Å². The number of piperazine rings is 1. The largest absolute Gasteiger partial charge is 0.322 e. The van der Waals surface area contributed by atoms with E-state index in [9.17, 15) is 9.59 Å². The second kappa shape index (κ2) is 6.97. The first-order valence-electron chi connectivity index (χ1n) is 8.48. The molecule has 2 aromatic carbocycles. The van der Waals surface area contributed by atoms with E-state index in [4.69, 9.17) is 0 Å². The SMILES string of the molecule is Cc1cc(C)cc(N2CCN(C(=O)Nc3ccccc3)C(C)C2=O)c1. The number of amides is 3. The smallest absolute Gasteiger partial charge is 0.311 e. The summed E-state index contributed by atoms with van der Waals surface area (Å²) in [5, 5.41) is 2.85. The normalized spacial score (nSPS) is 17.6. The zero-order chi connectivity index (χ0) is 18.0. The van der Waals surface area contributed by atoms with E-state index >= 15 is 0 Å². The van der Waals surface area contributed by atoms with E-state index in [1.807, 2.05) is 56.3 Å². The highest BCUT2D eigenvalue weighted by atomic mass is 16.2. The molecule has 5 nitrogen and oxygen atoms in total. The number of carbonyl (C=O) groups is 2. The summed E-state index contributed by atoms with van der Waals surface area (Å²) >= 11 is 0. The van der Waals surface area contributed by atoms with E-state index < -0.39 is 6.04 Å². The Hall–Kier alpha value is -2.82. The van der Waals surface area contributed by atoms with Gasteiger partial charge in [0.2, 0.25) is 5.91 Å². The molecule has 1 aliphatic heterocycles. The molecule has 0 spiro atoms. The molecular formula is C20H23N3O2. The van der Waals surface area contributed by atoms with Crippen LogP contribution in [0.1, 0.15) is 18.1 Å². The van der Waals surface area contributed by atoms with E-state index in [0.717, 1.165) is 22.5 Å². The number of nitrogens with zero attached hydrogens (tertiary/aromatic N) is 2. The van der Waals surface area contributed by atoms with Gasteiger partial charge in [-0.25, -0.2) is 4.79 Å². The van der Waals surface area contributed by atoms with E-state index in [-0.39, 0.29) is 11.9 Å². The minimum atomic E-state index is -0.502. The van der Waals surface area contributed by atoms with Gasteiger partial charge in [-0.05, 0) is 56.2 Å². The van der Waals surface area contributed by atoms with Gasteiger partial charge in [0, 0.05) is 24.5 Å².